The summed E-state index contributed by atoms with van der Waals surface area (Å²) in [7, 11) is 0. The fourth-order valence-corrected chi connectivity index (χ4v) is 0.717. The molecule has 3 N–H and O–H groups in total. The molecular weight excluding hydrogens is 144 g/mol. The van der Waals surface area contributed by atoms with Crippen LogP contribution in [-0.4, -0.2) is 20.6 Å². The van der Waals surface area contributed by atoms with Crippen molar-refractivity contribution in [2.45, 2.75) is 13.5 Å². The molecule has 0 amide bonds. The topological polar surface area (TPSA) is 76.4 Å². The highest BCUT2D eigenvalue weighted by Gasteiger charge is 2.01. The van der Waals surface area contributed by atoms with Gasteiger partial charge in [-0.25, -0.2) is 4.98 Å². The third-order valence-electron chi connectivity index (χ3n) is 1.37. The van der Waals surface area contributed by atoms with Crippen molar-refractivity contribution >= 4 is 5.84 Å². The van der Waals surface area contributed by atoms with Gasteiger partial charge >= 0.3 is 0 Å². The summed E-state index contributed by atoms with van der Waals surface area (Å²) in [6.07, 6.45) is 3.35. The second-order valence-electron chi connectivity index (χ2n) is 2.07. The van der Waals surface area contributed by atoms with Crippen LogP contribution in [0.2, 0.25) is 0 Å². The molecule has 1 heterocycles. The molecule has 0 radical (unpaired) electrons. The fourth-order valence-electron chi connectivity index (χ4n) is 0.717. The lowest BCUT2D eigenvalue weighted by atomic mass is 10.4. The average Bonchev–Trinajstić information content (AvgIpc) is 2.50. The first-order valence-corrected chi connectivity index (χ1v) is 3.27. The molecule has 0 spiro atoms. The summed E-state index contributed by atoms with van der Waals surface area (Å²) in [6, 6.07) is 0. The van der Waals surface area contributed by atoms with E-state index in [0.29, 0.717) is 5.69 Å². The maximum absolute atomic E-state index is 8.28. The van der Waals surface area contributed by atoms with E-state index in [-0.39, 0.29) is 5.84 Å². The molecule has 1 rings (SSSR count). The predicted molar refractivity (Wildman–Crippen MR) is 40.4 cm³/mol. The lowest BCUT2D eigenvalue weighted by Gasteiger charge is -1.91. The molecule has 0 saturated carbocycles. The van der Waals surface area contributed by atoms with E-state index in [9.17, 15) is 0 Å². The van der Waals surface area contributed by atoms with Crippen LogP contribution in [-0.2, 0) is 6.54 Å². The monoisotopic (exact) mass is 154 g/mol. The molecule has 1 aromatic heterocycles. The van der Waals surface area contributed by atoms with Gasteiger partial charge < -0.3 is 15.5 Å². The number of nitrogens with zero attached hydrogens (tertiary/aromatic N) is 3. The zero-order valence-electron chi connectivity index (χ0n) is 6.23. The van der Waals surface area contributed by atoms with E-state index < -0.39 is 0 Å². The second-order valence-corrected chi connectivity index (χ2v) is 2.07. The van der Waals surface area contributed by atoms with E-state index in [4.69, 9.17) is 10.9 Å². The van der Waals surface area contributed by atoms with Gasteiger partial charge in [0.25, 0.3) is 0 Å². The second kappa shape index (κ2) is 3.05. The molecule has 0 fully saturated rings. The van der Waals surface area contributed by atoms with Crippen molar-refractivity contribution in [2.75, 3.05) is 0 Å². The van der Waals surface area contributed by atoms with Crippen molar-refractivity contribution in [2.24, 2.45) is 10.9 Å². The van der Waals surface area contributed by atoms with Gasteiger partial charge in [0, 0.05) is 12.7 Å². The minimum Gasteiger partial charge on any atom is -0.409 e. The highest BCUT2D eigenvalue weighted by molar-refractivity contribution is 5.94. The molecule has 0 atom stereocenters. The third-order valence-corrected chi connectivity index (χ3v) is 1.37. The molecule has 5 heteroatoms. The molecule has 0 unspecified atom stereocenters. The van der Waals surface area contributed by atoms with E-state index in [1.807, 2.05) is 11.5 Å². The van der Waals surface area contributed by atoms with Crippen molar-refractivity contribution in [1.29, 1.82) is 0 Å². The lowest BCUT2D eigenvalue weighted by molar-refractivity contribution is 0.318. The van der Waals surface area contributed by atoms with Gasteiger partial charge in [-0.1, -0.05) is 5.16 Å². The quantitative estimate of drug-likeness (QED) is 0.272. The molecule has 0 aliphatic rings. The van der Waals surface area contributed by atoms with E-state index >= 15 is 0 Å². The fraction of sp³-hybridized carbons (Fsp3) is 0.333. The molecule has 0 aliphatic heterocycles. The van der Waals surface area contributed by atoms with Gasteiger partial charge in [-0.2, -0.15) is 0 Å². The van der Waals surface area contributed by atoms with Crippen LogP contribution in [0.4, 0.5) is 0 Å². The van der Waals surface area contributed by atoms with Crippen LogP contribution in [0.15, 0.2) is 17.7 Å². The van der Waals surface area contributed by atoms with Crippen LogP contribution >= 0.6 is 0 Å². The lowest BCUT2D eigenvalue weighted by Crippen LogP contribution is -2.13. The number of amidine groups is 1. The van der Waals surface area contributed by atoms with Crippen molar-refractivity contribution in [3.05, 3.63) is 18.2 Å². The Bertz CT molecular complexity index is 265. The number of hydrogen-bond donors (Lipinski definition) is 2. The maximum Gasteiger partial charge on any atom is 0.190 e. The standard InChI is InChI=1S/C6H10N4O/c1-2-10-3-5(8-4-10)6(7)9-11/h3-4,11H,2H2,1H3,(H2,7,9). The van der Waals surface area contributed by atoms with Gasteiger partial charge in [-0.05, 0) is 6.92 Å². The highest BCUT2D eigenvalue weighted by atomic mass is 16.4. The Balaban J connectivity index is 2.89. The van der Waals surface area contributed by atoms with Crippen LogP contribution in [0.25, 0.3) is 0 Å². The zero-order valence-corrected chi connectivity index (χ0v) is 6.23. The minimum atomic E-state index is 0.0391. The number of imidazole rings is 1. The molecule has 60 valence electrons. The van der Waals surface area contributed by atoms with Gasteiger partial charge in [0.1, 0.15) is 5.69 Å². The number of nitrogens with two attached hydrogens (primary N) is 1. The first kappa shape index (κ1) is 7.59. The number of hydrogen-bond acceptors (Lipinski definition) is 3. The Morgan fingerprint density at radius 1 is 1.91 bits per heavy atom. The van der Waals surface area contributed by atoms with E-state index in [2.05, 4.69) is 10.1 Å². The number of oxime groups is 1. The van der Waals surface area contributed by atoms with Gasteiger partial charge in [-0.15, -0.1) is 0 Å². The van der Waals surface area contributed by atoms with E-state index in [1.165, 1.54) is 0 Å². The molecule has 5 nitrogen and oxygen atoms in total. The molecule has 0 saturated heterocycles. The summed E-state index contributed by atoms with van der Waals surface area (Å²) < 4.78 is 1.84. The van der Waals surface area contributed by atoms with Crippen LogP contribution in [0.5, 0.6) is 0 Å². The molecular formula is C6H10N4O. The van der Waals surface area contributed by atoms with Crippen LogP contribution in [0, 0.1) is 0 Å². The van der Waals surface area contributed by atoms with E-state index in [1.54, 1.807) is 12.5 Å². The highest BCUT2D eigenvalue weighted by Crippen LogP contribution is 1.94. The summed E-state index contributed by atoms with van der Waals surface area (Å²) in [5.41, 5.74) is 5.78. The van der Waals surface area contributed by atoms with Gasteiger partial charge in [0.15, 0.2) is 5.84 Å². The maximum atomic E-state index is 8.28. The Kier molecular flexibility index (Phi) is 2.10. The molecule has 0 bridgehead atoms. The van der Waals surface area contributed by atoms with Gasteiger partial charge in [0.05, 0.1) is 6.33 Å². The summed E-state index contributed by atoms with van der Waals surface area (Å²) in [5.74, 6) is 0.0391. The van der Waals surface area contributed by atoms with Crippen LogP contribution < -0.4 is 5.73 Å². The smallest absolute Gasteiger partial charge is 0.190 e. The number of aryl methyl sites for hydroxylation is 1. The molecule has 1 aromatic rings. The summed E-state index contributed by atoms with van der Waals surface area (Å²) in [6.45, 7) is 2.81. The van der Waals surface area contributed by atoms with Crippen molar-refractivity contribution < 1.29 is 5.21 Å². The van der Waals surface area contributed by atoms with Crippen molar-refractivity contribution in [3.8, 4) is 0 Å². The molecule has 11 heavy (non-hydrogen) atoms. The van der Waals surface area contributed by atoms with Crippen molar-refractivity contribution in [1.82, 2.24) is 9.55 Å². The summed E-state index contributed by atoms with van der Waals surface area (Å²) in [5, 5.41) is 11.1. The third kappa shape index (κ3) is 1.49. The number of rotatable bonds is 2. The predicted octanol–water partition coefficient (Wildman–Crippen LogP) is -0.00250. The molecule has 0 aliphatic carbocycles. The largest absolute Gasteiger partial charge is 0.409 e. The SMILES string of the molecule is CCn1cnc(/C(N)=N/O)c1. The minimum absolute atomic E-state index is 0.0391. The van der Waals surface area contributed by atoms with Crippen molar-refractivity contribution in [3.63, 3.8) is 0 Å². The first-order valence-electron chi connectivity index (χ1n) is 3.27. The average molecular weight is 154 g/mol. The van der Waals surface area contributed by atoms with Crippen LogP contribution in [0.1, 0.15) is 12.6 Å². The zero-order chi connectivity index (χ0) is 8.27. The summed E-state index contributed by atoms with van der Waals surface area (Å²) >= 11 is 0. The van der Waals surface area contributed by atoms with Gasteiger partial charge in [-0.3, -0.25) is 0 Å². The first-order chi connectivity index (χ1) is 5.27. The Labute approximate surface area is 64.1 Å². The van der Waals surface area contributed by atoms with E-state index in [0.717, 1.165) is 6.54 Å². The Morgan fingerprint density at radius 2 is 2.64 bits per heavy atom. The summed E-state index contributed by atoms with van der Waals surface area (Å²) in [4.78, 5) is 3.90. The normalized spacial score (nSPS) is 11.9. The Hall–Kier alpha value is -1.52. The van der Waals surface area contributed by atoms with Gasteiger partial charge in [0.2, 0.25) is 0 Å². The molecule has 0 aromatic carbocycles. The van der Waals surface area contributed by atoms with Crippen LogP contribution in [0.3, 0.4) is 0 Å². The number of aromatic nitrogens is 2. The Morgan fingerprint density at radius 3 is 3.09 bits per heavy atom.